The Kier molecular flexibility index (Phi) is 5.54. The van der Waals surface area contributed by atoms with Crippen molar-refractivity contribution >= 4 is 22.4 Å². The largest absolute Gasteiger partial charge is 0.329 e. The van der Waals surface area contributed by atoms with Crippen LogP contribution in [0.4, 0.5) is 4.39 Å². The molecule has 1 fully saturated rings. The van der Waals surface area contributed by atoms with Gasteiger partial charge in [-0.2, -0.15) is 0 Å². The van der Waals surface area contributed by atoms with Crippen molar-refractivity contribution in [3.63, 3.8) is 0 Å². The number of nitrogens with two attached hydrogens (primary N) is 1. The van der Waals surface area contributed by atoms with E-state index >= 15 is 0 Å². The monoisotopic (exact) mass is 322 g/mol. The van der Waals surface area contributed by atoms with Crippen molar-refractivity contribution in [3.8, 4) is 0 Å². The van der Waals surface area contributed by atoms with E-state index in [1.165, 1.54) is 12.1 Å². The van der Waals surface area contributed by atoms with E-state index < -0.39 is 10.0 Å². The van der Waals surface area contributed by atoms with Gasteiger partial charge < -0.3 is 5.73 Å². The van der Waals surface area contributed by atoms with Crippen molar-refractivity contribution in [2.45, 2.75) is 37.6 Å². The molecule has 4 nitrogen and oxygen atoms in total. The molecule has 20 heavy (non-hydrogen) atoms. The van der Waals surface area contributed by atoms with Gasteiger partial charge in [-0.1, -0.05) is 0 Å². The lowest BCUT2D eigenvalue weighted by atomic mass is 10.1. The summed E-state index contributed by atoms with van der Waals surface area (Å²) in [5, 5.41) is 0. The van der Waals surface area contributed by atoms with E-state index in [-0.39, 0.29) is 35.7 Å². The highest BCUT2D eigenvalue weighted by molar-refractivity contribution is 7.89. The predicted octanol–water partition coefficient (Wildman–Crippen LogP) is 1.88. The summed E-state index contributed by atoms with van der Waals surface area (Å²) < 4.78 is 40.7. The second-order valence-corrected chi connectivity index (χ2v) is 6.89. The van der Waals surface area contributed by atoms with Crippen LogP contribution in [0.5, 0.6) is 0 Å². The molecule has 1 atom stereocenters. The summed E-state index contributed by atoms with van der Waals surface area (Å²) in [5.41, 5.74) is 6.26. The summed E-state index contributed by atoms with van der Waals surface area (Å²) in [7, 11) is -3.64. The fourth-order valence-electron chi connectivity index (χ4n) is 2.16. The van der Waals surface area contributed by atoms with E-state index in [1.807, 2.05) is 0 Å². The molecule has 0 saturated heterocycles. The van der Waals surface area contributed by atoms with Crippen molar-refractivity contribution < 1.29 is 12.8 Å². The molecule has 1 saturated carbocycles. The van der Waals surface area contributed by atoms with E-state index in [4.69, 9.17) is 5.73 Å². The van der Waals surface area contributed by atoms with E-state index in [0.29, 0.717) is 17.0 Å². The van der Waals surface area contributed by atoms with E-state index in [0.717, 1.165) is 12.8 Å². The van der Waals surface area contributed by atoms with Crippen LogP contribution in [0.1, 0.15) is 24.0 Å². The lowest BCUT2D eigenvalue weighted by molar-refractivity contribution is 0.518. The molecule has 0 radical (unpaired) electrons. The van der Waals surface area contributed by atoms with Gasteiger partial charge in [0, 0.05) is 12.6 Å². The maximum Gasteiger partial charge on any atom is 0.240 e. The number of rotatable bonds is 5. The zero-order chi connectivity index (χ0) is 14.2. The van der Waals surface area contributed by atoms with Gasteiger partial charge in [-0.15, -0.1) is 12.4 Å². The Morgan fingerprint density at radius 1 is 1.35 bits per heavy atom. The number of benzene rings is 1. The highest BCUT2D eigenvalue weighted by Crippen LogP contribution is 2.33. The Bertz CT molecular complexity index is 565. The highest BCUT2D eigenvalue weighted by Gasteiger charge is 2.33. The van der Waals surface area contributed by atoms with E-state index in [2.05, 4.69) is 4.72 Å². The molecule has 7 heteroatoms. The van der Waals surface area contributed by atoms with Crippen LogP contribution in [-0.2, 0) is 10.0 Å². The topological polar surface area (TPSA) is 72.2 Å². The second-order valence-electron chi connectivity index (χ2n) is 5.17. The minimum atomic E-state index is -3.64. The first-order chi connectivity index (χ1) is 8.85. The van der Waals surface area contributed by atoms with Crippen molar-refractivity contribution in [3.05, 3.63) is 29.1 Å². The maximum absolute atomic E-state index is 13.5. The second kappa shape index (κ2) is 6.39. The molecule has 1 aliphatic rings. The van der Waals surface area contributed by atoms with Gasteiger partial charge in [0.1, 0.15) is 5.82 Å². The van der Waals surface area contributed by atoms with Crippen molar-refractivity contribution in [2.24, 2.45) is 11.7 Å². The molecule has 114 valence electrons. The Morgan fingerprint density at radius 2 is 1.85 bits per heavy atom. The fraction of sp³-hybridized carbons (Fsp3) is 0.538. The molecule has 0 bridgehead atoms. The first-order valence-electron chi connectivity index (χ1n) is 6.34. The summed E-state index contributed by atoms with van der Waals surface area (Å²) >= 11 is 0. The minimum Gasteiger partial charge on any atom is -0.329 e. The molecule has 0 amide bonds. The van der Waals surface area contributed by atoms with Gasteiger partial charge in [-0.05, 0) is 55.9 Å². The predicted molar refractivity (Wildman–Crippen MR) is 79.0 cm³/mol. The molecule has 0 spiro atoms. The summed E-state index contributed by atoms with van der Waals surface area (Å²) in [6.45, 7) is 3.40. The van der Waals surface area contributed by atoms with Crippen LogP contribution in [0.15, 0.2) is 17.0 Å². The zero-order valence-electron chi connectivity index (χ0n) is 11.5. The molecule has 0 heterocycles. The molecule has 1 aromatic carbocycles. The fourth-order valence-corrected chi connectivity index (χ4v) is 3.65. The molecule has 1 aliphatic carbocycles. The standard InChI is InChI=1S/C13H19FN2O2S.ClH/c1-8-5-11(6-9(2)13(8)14)19(17,18)16-12(7-15)10-3-4-10;/h5-6,10,12,16H,3-4,7,15H2,1-2H3;1H. The number of halogens is 2. The molecule has 2 rings (SSSR count). The SMILES string of the molecule is Cc1cc(S(=O)(=O)NC(CN)C2CC2)cc(C)c1F.Cl. The molecule has 0 aliphatic heterocycles. The van der Waals surface area contributed by atoms with Gasteiger partial charge in [-0.3, -0.25) is 0 Å². The average molecular weight is 323 g/mol. The number of aryl methyl sites for hydroxylation is 2. The Labute approximate surface area is 125 Å². The van der Waals surface area contributed by atoms with Crippen LogP contribution >= 0.6 is 12.4 Å². The molecule has 3 N–H and O–H groups in total. The Hall–Kier alpha value is -0.690. The lowest BCUT2D eigenvalue weighted by Crippen LogP contribution is -2.41. The highest BCUT2D eigenvalue weighted by atomic mass is 35.5. The number of sulfonamides is 1. The van der Waals surface area contributed by atoms with Gasteiger partial charge in [0.2, 0.25) is 10.0 Å². The van der Waals surface area contributed by atoms with Crippen molar-refractivity contribution in [2.75, 3.05) is 6.54 Å². The van der Waals surface area contributed by atoms with Crippen LogP contribution in [0.3, 0.4) is 0 Å². The summed E-state index contributed by atoms with van der Waals surface area (Å²) in [6, 6.07) is 2.48. The van der Waals surface area contributed by atoms with Gasteiger partial charge in [0.05, 0.1) is 4.90 Å². The number of hydrogen-bond acceptors (Lipinski definition) is 3. The number of nitrogens with one attached hydrogen (secondary N) is 1. The Balaban J connectivity index is 0.00000200. The average Bonchev–Trinajstić information content (AvgIpc) is 3.16. The van der Waals surface area contributed by atoms with Crippen LogP contribution in [0.25, 0.3) is 0 Å². The van der Waals surface area contributed by atoms with Gasteiger partial charge >= 0.3 is 0 Å². The third-order valence-electron chi connectivity index (χ3n) is 3.47. The van der Waals surface area contributed by atoms with Crippen LogP contribution in [0.2, 0.25) is 0 Å². The summed E-state index contributed by atoms with van der Waals surface area (Å²) in [4.78, 5) is 0.100. The van der Waals surface area contributed by atoms with Crippen molar-refractivity contribution in [1.29, 1.82) is 0 Å². The smallest absolute Gasteiger partial charge is 0.240 e. The van der Waals surface area contributed by atoms with E-state index in [1.54, 1.807) is 13.8 Å². The molecular weight excluding hydrogens is 303 g/mol. The molecule has 0 aromatic heterocycles. The number of hydrogen-bond donors (Lipinski definition) is 2. The van der Waals surface area contributed by atoms with Gasteiger partial charge in [-0.25, -0.2) is 17.5 Å². The van der Waals surface area contributed by atoms with Gasteiger partial charge in [0.15, 0.2) is 0 Å². The molecule has 1 aromatic rings. The first kappa shape index (κ1) is 17.4. The summed E-state index contributed by atoms with van der Waals surface area (Å²) in [6.07, 6.45) is 2.01. The van der Waals surface area contributed by atoms with Crippen LogP contribution in [0, 0.1) is 25.6 Å². The van der Waals surface area contributed by atoms with Gasteiger partial charge in [0.25, 0.3) is 0 Å². The minimum absolute atomic E-state index is 0. The quantitative estimate of drug-likeness (QED) is 0.869. The zero-order valence-corrected chi connectivity index (χ0v) is 13.2. The third-order valence-corrected chi connectivity index (χ3v) is 4.94. The molecular formula is C13H20ClFN2O2S. The maximum atomic E-state index is 13.5. The lowest BCUT2D eigenvalue weighted by Gasteiger charge is -2.17. The summed E-state index contributed by atoms with van der Waals surface area (Å²) in [5.74, 6) is -0.0288. The van der Waals surface area contributed by atoms with E-state index in [9.17, 15) is 12.8 Å². The molecule has 1 unspecified atom stereocenters. The third kappa shape index (κ3) is 3.69. The van der Waals surface area contributed by atoms with Crippen molar-refractivity contribution in [1.82, 2.24) is 4.72 Å². The normalized spacial score (nSPS) is 16.6. The van der Waals surface area contributed by atoms with Crippen LogP contribution in [-0.4, -0.2) is 21.0 Å². The Morgan fingerprint density at radius 3 is 2.25 bits per heavy atom. The van der Waals surface area contributed by atoms with Crippen LogP contribution < -0.4 is 10.5 Å². The first-order valence-corrected chi connectivity index (χ1v) is 7.82.